The fourth-order valence-corrected chi connectivity index (χ4v) is 3.84. The standard InChI is InChI=1S/C17H18F2N6O2/c1-2-24-7-3-4-9(8-24)14-22-15-10-5-6-11-13(27-17(18,19)26-11)12(10)21-16(20)25(15)23-14/h5-6,9H,2-4,7-8H2,1H3,(H2,20,21)/t9-/m1/s1. The predicted molar refractivity (Wildman–Crippen MR) is 93.0 cm³/mol. The number of rotatable bonds is 2. The van der Waals surface area contributed by atoms with Crippen molar-refractivity contribution in [2.45, 2.75) is 32.0 Å². The van der Waals surface area contributed by atoms with Gasteiger partial charge in [-0.1, -0.05) is 6.92 Å². The number of nitrogens with zero attached hydrogens (tertiary/aromatic N) is 5. The van der Waals surface area contributed by atoms with Gasteiger partial charge in [-0.15, -0.1) is 13.9 Å². The van der Waals surface area contributed by atoms with E-state index in [0.29, 0.717) is 16.9 Å². The monoisotopic (exact) mass is 376 g/mol. The number of alkyl halides is 2. The topological polar surface area (TPSA) is 90.8 Å². The van der Waals surface area contributed by atoms with Crippen LogP contribution in [0.3, 0.4) is 0 Å². The molecule has 27 heavy (non-hydrogen) atoms. The molecule has 0 amide bonds. The van der Waals surface area contributed by atoms with Gasteiger partial charge in [-0.05, 0) is 38.1 Å². The maximum Gasteiger partial charge on any atom is 0.586 e. The first kappa shape index (κ1) is 16.4. The van der Waals surface area contributed by atoms with Crippen LogP contribution in [0.25, 0.3) is 16.6 Å². The van der Waals surface area contributed by atoms with E-state index in [4.69, 9.17) is 5.73 Å². The lowest BCUT2D eigenvalue weighted by molar-refractivity contribution is -0.286. The lowest BCUT2D eigenvalue weighted by atomic mass is 9.97. The Morgan fingerprint density at radius 2 is 2.15 bits per heavy atom. The van der Waals surface area contributed by atoms with E-state index in [0.717, 1.165) is 32.5 Å². The highest BCUT2D eigenvalue weighted by Crippen LogP contribution is 2.45. The fourth-order valence-electron chi connectivity index (χ4n) is 3.84. The van der Waals surface area contributed by atoms with Crippen molar-refractivity contribution in [2.75, 3.05) is 25.4 Å². The smallest absolute Gasteiger partial charge is 0.395 e. The summed E-state index contributed by atoms with van der Waals surface area (Å²) >= 11 is 0. The van der Waals surface area contributed by atoms with Gasteiger partial charge in [-0.3, -0.25) is 0 Å². The molecule has 0 aliphatic carbocycles. The zero-order valence-electron chi connectivity index (χ0n) is 14.7. The third-order valence-electron chi connectivity index (χ3n) is 5.17. The number of nitrogen functional groups attached to an aromatic ring is 1. The molecule has 1 atom stereocenters. The van der Waals surface area contributed by atoms with Gasteiger partial charge in [0.15, 0.2) is 23.0 Å². The summed E-state index contributed by atoms with van der Waals surface area (Å²) in [6, 6.07) is 3.04. The molecule has 4 heterocycles. The first-order chi connectivity index (χ1) is 12.9. The van der Waals surface area contributed by atoms with Crippen molar-refractivity contribution in [3.63, 3.8) is 0 Å². The Kier molecular flexibility index (Phi) is 3.42. The first-order valence-electron chi connectivity index (χ1n) is 8.92. The average molecular weight is 376 g/mol. The molecular weight excluding hydrogens is 358 g/mol. The number of likely N-dealkylation sites (N-methyl/N-ethyl adjacent to an activating group) is 1. The minimum atomic E-state index is -3.72. The molecule has 2 N–H and O–H groups in total. The van der Waals surface area contributed by atoms with Crippen molar-refractivity contribution < 1.29 is 18.3 Å². The predicted octanol–water partition coefficient (Wildman–Crippen LogP) is 2.38. The zero-order valence-corrected chi connectivity index (χ0v) is 14.7. The van der Waals surface area contributed by atoms with Crippen LogP contribution in [-0.2, 0) is 0 Å². The summed E-state index contributed by atoms with van der Waals surface area (Å²) in [6.07, 6.45) is -1.64. The lowest BCUT2D eigenvalue weighted by Crippen LogP contribution is -2.34. The molecule has 0 unspecified atom stereocenters. The van der Waals surface area contributed by atoms with Crippen molar-refractivity contribution in [1.29, 1.82) is 0 Å². The van der Waals surface area contributed by atoms with Crippen molar-refractivity contribution in [1.82, 2.24) is 24.5 Å². The highest BCUT2D eigenvalue weighted by atomic mass is 19.3. The minimum Gasteiger partial charge on any atom is -0.395 e. The maximum absolute atomic E-state index is 13.5. The van der Waals surface area contributed by atoms with E-state index in [1.807, 2.05) is 0 Å². The quantitative estimate of drug-likeness (QED) is 0.734. The van der Waals surface area contributed by atoms with E-state index in [1.165, 1.54) is 10.6 Å². The fraction of sp³-hybridized carbons (Fsp3) is 0.471. The molecular formula is C17H18F2N6O2. The van der Waals surface area contributed by atoms with E-state index in [2.05, 4.69) is 36.4 Å². The molecule has 2 aliphatic rings. The second-order valence-electron chi connectivity index (χ2n) is 6.86. The van der Waals surface area contributed by atoms with Crippen LogP contribution in [0, 0.1) is 0 Å². The molecule has 1 saturated heterocycles. The van der Waals surface area contributed by atoms with E-state index in [1.54, 1.807) is 6.07 Å². The maximum atomic E-state index is 13.5. The van der Waals surface area contributed by atoms with Crippen LogP contribution >= 0.6 is 0 Å². The van der Waals surface area contributed by atoms with Crippen molar-refractivity contribution in [3.05, 3.63) is 18.0 Å². The van der Waals surface area contributed by atoms with Crippen LogP contribution < -0.4 is 15.2 Å². The molecule has 0 bridgehead atoms. The van der Waals surface area contributed by atoms with Gasteiger partial charge in [0, 0.05) is 17.8 Å². The van der Waals surface area contributed by atoms with E-state index in [-0.39, 0.29) is 28.9 Å². The third kappa shape index (κ3) is 2.54. The molecule has 1 fully saturated rings. The van der Waals surface area contributed by atoms with Gasteiger partial charge in [0.25, 0.3) is 0 Å². The summed E-state index contributed by atoms with van der Waals surface area (Å²) in [5.41, 5.74) is 6.70. The number of aromatic nitrogens is 4. The Morgan fingerprint density at radius 1 is 1.30 bits per heavy atom. The number of likely N-dealkylation sites (tertiary alicyclic amines) is 1. The molecule has 5 rings (SSSR count). The van der Waals surface area contributed by atoms with Gasteiger partial charge >= 0.3 is 6.29 Å². The molecule has 2 aliphatic heterocycles. The molecule has 3 aromatic rings. The van der Waals surface area contributed by atoms with Gasteiger partial charge in [0.1, 0.15) is 5.52 Å². The molecule has 2 aromatic heterocycles. The largest absolute Gasteiger partial charge is 0.586 e. The van der Waals surface area contributed by atoms with Crippen LogP contribution in [0.1, 0.15) is 31.5 Å². The number of piperidine rings is 1. The Bertz CT molecular complexity index is 1050. The normalized spacial score (nSPS) is 22.0. The van der Waals surface area contributed by atoms with Crippen LogP contribution in [0.15, 0.2) is 12.1 Å². The number of nitrogens with two attached hydrogens (primary N) is 1. The molecule has 10 heteroatoms. The summed E-state index contributed by atoms with van der Waals surface area (Å²) < 4.78 is 37.5. The Labute approximate surface area is 152 Å². The average Bonchev–Trinajstić information content (AvgIpc) is 3.22. The number of hydrogen-bond acceptors (Lipinski definition) is 7. The van der Waals surface area contributed by atoms with Gasteiger partial charge in [0.05, 0.1) is 0 Å². The number of benzene rings is 1. The highest BCUT2D eigenvalue weighted by Gasteiger charge is 2.45. The van der Waals surface area contributed by atoms with Crippen molar-refractivity contribution in [3.8, 4) is 11.5 Å². The van der Waals surface area contributed by atoms with Gasteiger partial charge < -0.3 is 20.1 Å². The summed E-state index contributed by atoms with van der Waals surface area (Å²) in [5.74, 6) is 0.746. The highest BCUT2D eigenvalue weighted by molar-refractivity contribution is 5.97. The summed E-state index contributed by atoms with van der Waals surface area (Å²) in [4.78, 5) is 11.3. The minimum absolute atomic E-state index is 0.0617. The van der Waals surface area contributed by atoms with Crippen LogP contribution in [0.5, 0.6) is 11.5 Å². The number of ether oxygens (including phenoxy) is 2. The molecule has 0 saturated carbocycles. The Morgan fingerprint density at radius 3 is 2.96 bits per heavy atom. The summed E-state index contributed by atoms with van der Waals surface area (Å²) in [6.45, 7) is 5.07. The number of anilines is 1. The number of halogens is 2. The Balaban J connectivity index is 1.65. The van der Waals surface area contributed by atoms with Crippen LogP contribution in [-0.4, -0.2) is 50.4 Å². The van der Waals surface area contributed by atoms with Gasteiger partial charge in [-0.2, -0.15) is 4.52 Å². The zero-order chi connectivity index (χ0) is 18.8. The second kappa shape index (κ2) is 5.62. The van der Waals surface area contributed by atoms with E-state index in [9.17, 15) is 8.78 Å². The Hall–Kier alpha value is -2.75. The molecule has 0 radical (unpaired) electrons. The van der Waals surface area contributed by atoms with Gasteiger partial charge in [-0.25, -0.2) is 9.97 Å². The van der Waals surface area contributed by atoms with Crippen molar-refractivity contribution >= 4 is 22.5 Å². The van der Waals surface area contributed by atoms with E-state index < -0.39 is 6.29 Å². The number of hydrogen-bond donors (Lipinski definition) is 1. The molecule has 1 aromatic carbocycles. The van der Waals surface area contributed by atoms with Crippen molar-refractivity contribution in [2.24, 2.45) is 0 Å². The molecule has 8 nitrogen and oxygen atoms in total. The molecule has 142 valence electrons. The number of fused-ring (bicyclic) bond motifs is 5. The van der Waals surface area contributed by atoms with E-state index >= 15 is 0 Å². The summed E-state index contributed by atoms with van der Waals surface area (Å²) in [5, 5.41) is 5.08. The second-order valence-corrected chi connectivity index (χ2v) is 6.86. The summed E-state index contributed by atoms with van der Waals surface area (Å²) in [7, 11) is 0. The molecule has 0 spiro atoms. The van der Waals surface area contributed by atoms with Crippen LogP contribution in [0.2, 0.25) is 0 Å². The lowest BCUT2D eigenvalue weighted by Gasteiger charge is -2.30. The van der Waals surface area contributed by atoms with Gasteiger partial charge in [0.2, 0.25) is 5.95 Å². The third-order valence-corrected chi connectivity index (χ3v) is 5.17. The first-order valence-corrected chi connectivity index (χ1v) is 8.92. The van der Waals surface area contributed by atoms with Crippen LogP contribution in [0.4, 0.5) is 14.7 Å². The SMILES string of the molecule is CCN1CCC[C@@H](c2nc3c4ccc5c(c4nc(N)n3n2)OC(F)(F)O5)C1.